The van der Waals surface area contributed by atoms with Gasteiger partial charge in [0.25, 0.3) is 0 Å². The molecular formula is C19H19NO4. The number of nitrogens with one attached hydrogen (secondary N) is 1. The van der Waals surface area contributed by atoms with E-state index in [1.807, 2.05) is 36.4 Å². The van der Waals surface area contributed by atoms with Crippen LogP contribution in [0.15, 0.2) is 42.5 Å². The van der Waals surface area contributed by atoms with Gasteiger partial charge >= 0.3 is 5.97 Å². The summed E-state index contributed by atoms with van der Waals surface area (Å²) >= 11 is 0. The molecule has 0 atom stereocenters. The molecule has 0 saturated heterocycles. The van der Waals surface area contributed by atoms with E-state index < -0.39 is 0 Å². The van der Waals surface area contributed by atoms with Gasteiger partial charge in [0.05, 0.1) is 37.6 Å². The first kappa shape index (κ1) is 15.9. The standard InChI is InChI=1S/C19H19NO4/c1-4-24-19(21)16-14-10-13(22-2)11-15(23-3)18(14)20-17(16)12-8-6-5-7-9-12/h5-11,20H,4H2,1-3H3. The number of hydrogen-bond acceptors (Lipinski definition) is 4. The molecular weight excluding hydrogens is 306 g/mol. The number of H-pyrrole nitrogens is 1. The van der Waals surface area contributed by atoms with Crippen LogP contribution in [0.5, 0.6) is 11.5 Å². The van der Waals surface area contributed by atoms with Crippen molar-refractivity contribution in [3.05, 3.63) is 48.0 Å². The van der Waals surface area contributed by atoms with Crippen LogP contribution in [-0.2, 0) is 4.74 Å². The van der Waals surface area contributed by atoms with Crippen molar-refractivity contribution in [3.8, 4) is 22.8 Å². The van der Waals surface area contributed by atoms with Crippen molar-refractivity contribution in [3.63, 3.8) is 0 Å². The van der Waals surface area contributed by atoms with Crippen molar-refractivity contribution in [1.82, 2.24) is 4.98 Å². The van der Waals surface area contributed by atoms with E-state index in [4.69, 9.17) is 14.2 Å². The molecule has 0 radical (unpaired) electrons. The smallest absolute Gasteiger partial charge is 0.340 e. The Bertz CT molecular complexity index is 868. The third-order valence-corrected chi connectivity index (χ3v) is 3.84. The van der Waals surface area contributed by atoms with Crippen molar-refractivity contribution < 1.29 is 19.0 Å². The van der Waals surface area contributed by atoms with Gasteiger partial charge in [0, 0.05) is 11.5 Å². The van der Waals surface area contributed by atoms with E-state index in [2.05, 4.69) is 4.98 Å². The van der Waals surface area contributed by atoms with E-state index in [1.54, 1.807) is 27.2 Å². The first-order chi connectivity index (χ1) is 11.7. The number of rotatable bonds is 5. The molecule has 0 aliphatic carbocycles. The molecule has 0 fully saturated rings. The maximum absolute atomic E-state index is 12.6. The van der Waals surface area contributed by atoms with Crippen molar-refractivity contribution in [2.75, 3.05) is 20.8 Å². The molecule has 5 heteroatoms. The zero-order chi connectivity index (χ0) is 17.1. The number of aromatic amines is 1. The van der Waals surface area contributed by atoms with E-state index in [0.29, 0.717) is 34.7 Å². The molecule has 5 nitrogen and oxygen atoms in total. The lowest BCUT2D eigenvalue weighted by atomic mass is 10.0. The number of hydrogen-bond donors (Lipinski definition) is 1. The maximum Gasteiger partial charge on any atom is 0.340 e. The molecule has 2 aromatic carbocycles. The second-order valence-electron chi connectivity index (χ2n) is 5.21. The monoisotopic (exact) mass is 325 g/mol. The van der Waals surface area contributed by atoms with Gasteiger partial charge < -0.3 is 19.2 Å². The van der Waals surface area contributed by atoms with Crippen molar-refractivity contribution in [2.24, 2.45) is 0 Å². The van der Waals surface area contributed by atoms with Gasteiger partial charge in [0.1, 0.15) is 11.5 Å². The van der Waals surface area contributed by atoms with Gasteiger partial charge in [-0.3, -0.25) is 0 Å². The zero-order valence-electron chi connectivity index (χ0n) is 13.9. The van der Waals surface area contributed by atoms with Gasteiger partial charge in [-0.2, -0.15) is 0 Å². The van der Waals surface area contributed by atoms with Crippen LogP contribution in [0.25, 0.3) is 22.2 Å². The number of esters is 1. The fourth-order valence-corrected chi connectivity index (χ4v) is 2.75. The summed E-state index contributed by atoms with van der Waals surface area (Å²) in [7, 11) is 3.16. The van der Waals surface area contributed by atoms with E-state index >= 15 is 0 Å². The molecule has 1 N–H and O–H groups in total. The highest BCUT2D eigenvalue weighted by Crippen LogP contribution is 2.38. The predicted molar refractivity (Wildman–Crippen MR) is 92.8 cm³/mol. The summed E-state index contributed by atoms with van der Waals surface area (Å²) in [5.41, 5.74) is 2.82. The lowest BCUT2D eigenvalue weighted by Crippen LogP contribution is -2.05. The van der Waals surface area contributed by atoms with Crippen LogP contribution in [0, 0.1) is 0 Å². The first-order valence-electron chi connectivity index (χ1n) is 7.69. The number of ether oxygens (including phenoxy) is 3. The summed E-state index contributed by atoms with van der Waals surface area (Å²) in [5, 5.41) is 0.712. The highest BCUT2D eigenvalue weighted by atomic mass is 16.5. The Morgan fingerprint density at radius 2 is 1.83 bits per heavy atom. The van der Waals surface area contributed by atoms with Gasteiger partial charge in [-0.1, -0.05) is 30.3 Å². The summed E-state index contributed by atoms with van der Waals surface area (Å²) in [6.45, 7) is 2.09. The first-order valence-corrected chi connectivity index (χ1v) is 7.69. The number of methoxy groups -OCH3 is 2. The number of aromatic nitrogens is 1. The van der Waals surface area contributed by atoms with Crippen molar-refractivity contribution >= 4 is 16.9 Å². The minimum absolute atomic E-state index is 0.306. The average Bonchev–Trinajstić information content (AvgIpc) is 3.01. The molecule has 1 heterocycles. The Hall–Kier alpha value is -2.95. The molecule has 3 rings (SSSR count). The van der Waals surface area contributed by atoms with Gasteiger partial charge in [-0.05, 0) is 18.6 Å². The quantitative estimate of drug-likeness (QED) is 0.720. The highest BCUT2D eigenvalue weighted by Gasteiger charge is 2.23. The van der Waals surface area contributed by atoms with Crippen LogP contribution in [0.1, 0.15) is 17.3 Å². The lowest BCUT2D eigenvalue weighted by molar-refractivity contribution is 0.0529. The van der Waals surface area contributed by atoms with Gasteiger partial charge in [0.15, 0.2) is 0 Å². The van der Waals surface area contributed by atoms with Gasteiger partial charge in [-0.15, -0.1) is 0 Å². The zero-order valence-corrected chi connectivity index (χ0v) is 13.9. The minimum Gasteiger partial charge on any atom is -0.497 e. The Morgan fingerprint density at radius 1 is 1.08 bits per heavy atom. The van der Waals surface area contributed by atoms with Crippen molar-refractivity contribution in [1.29, 1.82) is 0 Å². The van der Waals surface area contributed by atoms with Crippen LogP contribution < -0.4 is 9.47 Å². The second-order valence-corrected chi connectivity index (χ2v) is 5.21. The number of carbonyl (C=O) groups is 1. The summed E-state index contributed by atoms with van der Waals surface area (Å²) in [6, 6.07) is 13.3. The summed E-state index contributed by atoms with van der Waals surface area (Å²) in [4.78, 5) is 15.9. The summed E-state index contributed by atoms with van der Waals surface area (Å²) in [5.74, 6) is 0.846. The maximum atomic E-state index is 12.6. The van der Waals surface area contributed by atoms with Crippen molar-refractivity contribution in [2.45, 2.75) is 6.92 Å². The van der Waals surface area contributed by atoms with Crippen LogP contribution in [0.3, 0.4) is 0 Å². The predicted octanol–water partition coefficient (Wildman–Crippen LogP) is 4.03. The Kier molecular flexibility index (Phi) is 4.42. The van der Waals surface area contributed by atoms with Crippen LogP contribution in [0.2, 0.25) is 0 Å². The highest BCUT2D eigenvalue weighted by molar-refractivity contribution is 6.11. The van der Waals surface area contributed by atoms with Gasteiger partial charge in [-0.25, -0.2) is 4.79 Å². The van der Waals surface area contributed by atoms with E-state index in [-0.39, 0.29) is 5.97 Å². The Labute approximate surface area is 140 Å². The molecule has 0 aliphatic rings. The minimum atomic E-state index is -0.377. The molecule has 0 bridgehead atoms. The molecule has 24 heavy (non-hydrogen) atoms. The van der Waals surface area contributed by atoms with E-state index in [1.165, 1.54) is 0 Å². The fourth-order valence-electron chi connectivity index (χ4n) is 2.75. The number of fused-ring (bicyclic) bond motifs is 1. The lowest BCUT2D eigenvalue weighted by Gasteiger charge is -2.07. The molecule has 3 aromatic rings. The summed E-state index contributed by atoms with van der Waals surface area (Å²) in [6.07, 6.45) is 0. The second kappa shape index (κ2) is 6.66. The Balaban J connectivity index is 2.34. The largest absolute Gasteiger partial charge is 0.497 e. The fraction of sp³-hybridized carbons (Fsp3) is 0.211. The SMILES string of the molecule is CCOC(=O)c1c(-c2ccccc2)[nH]c2c(OC)cc(OC)cc12. The topological polar surface area (TPSA) is 60.6 Å². The number of benzene rings is 2. The number of carbonyl (C=O) groups excluding carboxylic acids is 1. The van der Waals surface area contributed by atoms with Crippen LogP contribution >= 0.6 is 0 Å². The molecule has 0 saturated carbocycles. The molecule has 0 spiro atoms. The average molecular weight is 325 g/mol. The summed E-state index contributed by atoms with van der Waals surface area (Å²) < 4.78 is 16.0. The van der Waals surface area contributed by atoms with Gasteiger partial charge in [0.2, 0.25) is 0 Å². The normalized spacial score (nSPS) is 10.6. The van der Waals surface area contributed by atoms with Crippen LogP contribution in [0.4, 0.5) is 0 Å². The Morgan fingerprint density at radius 3 is 2.46 bits per heavy atom. The molecule has 124 valence electrons. The van der Waals surface area contributed by atoms with Crippen LogP contribution in [-0.4, -0.2) is 31.8 Å². The molecule has 0 amide bonds. The molecule has 1 aromatic heterocycles. The molecule has 0 aliphatic heterocycles. The van der Waals surface area contributed by atoms with E-state index in [0.717, 1.165) is 11.1 Å². The molecule has 0 unspecified atom stereocenters. The third-order valence-electron chi connectivity index (χ3n) is 3.84. The third kappa shape index (κ3) is 2.69. The van der Waals surface area contributed by atoms with E-state index in [9.17, 15) is 4.79 Å².